The molecule has 24 heavy (non-hydrogen) atoms. The number of halogens is 1. The molecule has 1 aromatic heterocycles. The van der Waals surface area contributed by atoms with Crippen molar-refractivity contribution in [3.63, 3.8) is 0 Å². The summed E-state index contributed by atoms with van der Waals surface area (Å²) in [6.07, 6.45) is 3.30. The second-order valence-electron chi connectivity index (χ2n) is 5.62. The maximum atomic E-state index is 13.1. The Morgan fingerprint density at radius 3 is 2.83 bits per heavy atom. The van der Waals surface area contributed by atoms with E-state index in [0.717, 1.165) is 16.1 Å². The molecule has 0 saturated heterocycles. The van der Waals surface area contributed by atoms with Gasteiger partial charge in [-0.1, -0.05) is 17.7 Å². The summed E-state index contributed by atoms with van der Waals surface area (Å²) in [4.78, 5) is 20.5. The number of aromatic nitrogens is 3. The first kappa shape index (κ1) is 15.1. The Kier molecular flexibility index (Phi) is 3.51. The molecule has 0 N–H and O–H groups in total. The van der Waals surface area contributed by atoms with Crippen LogP contribution in [0.5, 0.6) is 0 Å². The first-order valence-corrected chi connectivity index (χ1v) is 8.44. The summed E-state index contributed by atoms with van der Waals surface area (Å²) in [5.41, 5.74) is 3.20. The van der Waals surface area contributed by atoms with Crippen molar-refractivity contribution in [2.75, 3.05) is 19.0 Å². The van der Waals surface area contributed by atoms with Crippen molar-refractivity contribution >= 4 is 39.7 Å². The van der Waals surface area contributed by atoms with Gasteiger partial charge in [0.1, 0.15) is 11.8 Å². The van der Waals surface area contributed by atoms with Crippen LogP contribution in [0.2, 0.25) is 5.02 Å². The average Bonchev–Trinajstić information content (AvgIpc) is 2.90. The second kappa shape index (κ2) is 5.58. The predicted octanol–water partition coefficient (Wildman–Crippen LogP) is 3.67. The Labute approximate surface area is 147 Å². The number of hydrogen-bond acceptors (Lipinski definition) is 5. The lowest BCUT2D eigenvalue weighted by molar-refractivity contribution is 0.964. The third-order valence-corrected chi connectivity index (χ3v) is 4.97. The molecule has 1 aliphatic carbocycles. The molecule has 120 valence electrons. The summed E-state index contributed by atoms with van der Waals surface area (Å²) < 4.78 is 5.74. The van der Waals surface area contributed by atoms with E-state index in [0.29, 0.717) is 21.6 Å². The first-order valence-electron chi connectivity index (χ1n) is 7.29. The first-order chi connectivity index (χ1) is 11.6. The highest BCUT2D eigenvalue weighted by Gasteiger charge is 2.24. The van der Waals surface area contributed by atoms with Crippen molar-refractivity contribution in [3.8, 4) is 16.1 Å². The number of hydrogen-bond donors (Lipinski definition) is 0. The van der Waals surface area contributed by atoms with E-state index in [9.17, 15) is 4.79 Å². The maximum absolute atomic E-state index is 13.1. The van der Waals surface area contributed by atoms with Crippen molar-refractivity contribution in [2.45, 2.75) is 0 Å². The average molecular weight is 357 g/mol. The van der Waals surface area contributed by atoms with Crippen LogP contribution >= 0.6 is 23.1 Å². The van der Waals surface area contributed by atoms with Crippen LogP contribution in [0.15, 0.2) is 47.7 Å². The van der Waals surface area contributed by atoms with Crippen LogP contribution in [0.4, 0.5) is 5.69 Å². The van der Waals surface area contributed by atoms with Crippen molar-refractivity contribution in [1.82, 2.24) is 13.9 Å². The summed E-state index contributed by atoms with van der Waals surface area (Å²) in [6, 6.07) is 9.09. The molecule has 0 bridgehead atoms. The van der Waals surface area contributed by atoms with E-state index in [2.05, 4.69) is 9.36 Å². The van der Waals surface area contributed by atoms with Gasteiger partial charge in [0, 0.05) is 30.9 Å². The lowest BCUT2D eigenvalue weighted by Crippen LogP contribution is -2.18. The largest absolute Gasteiger partial charge is 0.375 e. The minimum absolute atomic E-state index is 0.121. The molecule has 0 amide bonds. The molecule has 1 aliphatic heterocycles. The molecule has 0 unspecified atom stereocenters. The van der Waals surface area contributed by atoms with E-state index < -0.39 is 0 Å². The van der Waals surface area contributed by atoms with Crippen LogP contribution in [-0.2, 0) is 0 Å². The Morgan fingerprint density at radius 2 is 2.08 bits per heavy atom. The van der Waals surface area contributed by atoms with Gasteiger partial charge < -0.3 is 4.90 Å². The summed E-state index contributed by atoms with van der Waals surface area (Å²) in [6.45, 7) is 0. The number of fused-ring (bicyclic) bond motifs is 3. The fourth-order valence-corrected chi connectivity index (χ4v) is 3.86. The molecule has 2 heterocycles. The minimum atomic E-state index is -0.121. The summed E-state index contributed by atoms with van der Waals surface area (Å²) >= 11 is 7.37. The number of anilines is 1. The Morgan fingerprint density at radius 1 is 1.25 bits per heavy atom. The lowest BCUT2D eigenvalue weighted by Gasteiger charge is -2.13. The molecular weight excluding hydrogens is 344 g/mol. The third-order valence-electron chi connectivity index (χ3n) is 3.90. The minimum Gasteiger partial charge on any atom is -0.375 e. The van der Waals surface area contributed by atoms with E-state index in [1.807, 2.05) is 37.2 Å². The second-order valence-corrected chi connectivity index (χ2v) is 6.86. The monoisotopic (exact) mass is 356 g/mol. The molecule has 0 fully saturated rings. The molecule has 5 nitrogen and oxygen atoms in total. The van der Waals surface area contributed by atoms with E-state index >= 15 is 0 Å². The quantitative estimate of drug-likeness (QED) is 0.550. The van der Waals surface area contributed by atoms with Crippen LogP contribution in [0, 0.1) is 0 Å². The van der Waals surface area contributed by atoms with Crippen molar-refractivity contribution in [2.24, 2.45) is 0 Å². The highest BCUT2D eigenvalue weighted by atomic mass is 35.5. The van der Waals surface area contributed by atoms with Gasteiger partial charge in [0.2, 0.25) is 0 Å². The summed E-state index contributed by atoms with van der Waals surface area (Å²) in [7, 11) is 3.90. The van der Waals surface area contributed by atoms with Crippen LogP contribution in [-0.4, -0.2) is 28.0 Å². The van der Waals surface area contributed by atoms with Crippen LogP contribution in [0.25, 0.3) is 27.0 Å². The molecule has 2 aliphatic rings. The lowest BCUT2D eigenvalue weighted by atomic mass is 10.2. The number of nitrogens with zero attached hydrogens (tertiary/aromatic N) is 4. The number of rotatable bonds is 2. The van der Waals surface area contributed by atoms with Crippen LogP contribution < -0.4 is 10.5 Å². The van der Waals surface area contributed by atoms with Crippen LogP contribution in [0.1, 0.15) is 0 Å². The molecule has 0 saturated carbocycles. The summed E-state index contributed by atoms with van der Waals surface area (Å²) in [5.74, 6) is 0. The topological polar surface area (TPSA) is 51.0 Å². The highest BCUT2D eigenvalue weighted by Crippen LogP contribution is 2.43. The van der Waals surface area contributed by atoms with Crippen molar-refractivity contribution < 1.29 is 0 Å². The van der Waals surface area contributed by atoms with Gasteiger partial charge in [0.05, 0.1) is 21.6 Å². The molecule has 1 aromatic carbocycles. The van der Waals surface area contributed by atoms with Gasteiger partial charge >= 0.3 is 0 Å². The third kappa shape index (κ3) is 2.18. The zero-order chi connectivity index (χ0) is 16.8. The van der Waals surface area contributed by atoms with Crippen molar-refractivity contribution in [3.05, 3.63) is 58.2 Å². The van der Waals surface area contributed by atoms with Gasteiger partial charge in [-0.2, -0.15) is 0 Å². The molecule has 0 atom stereocenters. The zero-order valence-corrected chi connectivity index (χ0v) is 14.6. The predicted molar refractivity (Wildman–Crippen MR) is 99.0 cm³/mol. The van der Waals surface area contributed by atoms with Crippen LogP contribution in [0.3, 0.4) is 0 Å². The molecule has 2 aromatic rings. The van der Waals surface area contributed by atoms with E-state index in [4.69, 9.17) is 11.6 Å². The van der Waals surface area contributed by atoms with Gasteiger partial charge in [-0.15, -0.1) is 0 Å². The molecular formula is C17H13ClN4OS. The summed E-state index contributed by atoms with van der Waals surface area (Å²) in [5, 5.41) is 1.17. The van der Waals surface area contributed by atoms with Gasteiger partial charge in [-0.05, 0) is 35.8 Å². The Bertz CT molecular complexity index is 1090. The van der Waals surface area contributed by atoms with Gasteiger partial charge in [0.15, 0.2) is 0 Å². The fourth-order valence-electron chi connectivity index (χ4n) is 2.91. The molecule has 0 spiro atoms. The van der Waals surface area contributed by atoms with E-state index in [-0.39, 0.29) is 5.56 Å². The zero-order valence-electron chi connectivity index (χ0n) is 13.0. The Balaban J connectivity index is 2.11. The number of benzene rings is 1. The van der Waals surface area contributed by atoms with E-state index in [1.165, 1.54) is 16.1 Å². The Hall–Kier alpha value is -2.44. The normalized spacial score (nSPS) is 11.3. The smallest absolute Gasteiger partial charge is 0.267 e. The van der Waals surface area contributed by atoms with Gasteiger partial charge in [-0.3, -0.25) is 9.36 Å². The highest BCUT2D eigenvalue weighted by molar-refractivity contribution is 7.10. The molecule has 7 heteroatoms. The molecule has 0 radical (unpaired) electrons. The van der Waals surface area contributed by atoms with Crippen molar-refractivity contribution in [1.29, 1.82) is 0 Å². The molecule has 4 rings (SSSR count). The standard InChI is InChI=1S/C17H13ClN4OS/c1-21(2)15-12-6-7-20-24-16(12)13-14(15)19-9-22(17(13)23)11-5-3-4-10(18)8-11/h3-9H,1-2H3. The van der Waals surface area contributed by atoms with E-state index in [1.54, 1.807) is 24.7 Å². The maximum Gasteiger partial charge on any atom is 0.267 e. The fraction of sp³-hybridized carbons (Fsp3) is 0.118. The SMILES string of the molecule is CN(C)c1c2ccnsc-2c2c(=O)n(-c3cccc(Cl)c3)cnc12. The van der Waals surface area contributed by atoms with Gasteiger partial charge in [0.25, 0.3) is 5.56 Å². The van der Waals surface area contributed by atoms with Gasteiger partial charge in [-0.25, -0.2) is 9.36 Å².